The number of carbonyl (C=O) groups excluding carboxylic acids is 1. The highest BCUT2D eigenvalue weighted by Gasteiger charge is 2.34. The third kappa shape index (κ3) is 2.63. The quantitative estimate of drug-likeness (QED) is 0.837. The number of rotatable bonds is 4. The van der Waals surface area contributed by atoms with Crippen LogP contribution in [0.1, 0.15) is 28.7 Å². The van der Waals surface area contributed by atoms with Gasteiger partial charge in [-0.2, -0.15) is 0 Å². The Kier molecular flexibility index (Phi) is 3.87. The lowest BCUT2D eigenvalue weighted by molar-refractivity contribution is -0.110. The fourth-order valence-corrected chi connectivity index (χ4v) is 3.20. The summed E-state index contributed by atoms with van der Waals surface area (Å²) in [6, 6.07) is 10.0. The minimum atomic E-state index is -0.470. The summed E-state index contributed by atoms with van der Waals surface area (Å²) >= 11 is 11.9. The molecule has 108 valence electrons. The van der Waals surface area contributed by atoms with E-state index in [1.54, 1.807) is 12.1 Å². The van der Waals surface area contributed by atoms with E-state index in [-0.39, 0.29) is 17.0 Å². The second-order valence-electron chi connectivity index (χ2n) is 5.09. The number of hydrogen-bond donors (Lipinski definition) is 1. The zero-order chi connectivity index (χ0) is 15.0. The maximum Gasteiger partial charge on any atom is 0.207 e. The molecule has 1 aliphatic rings. The maximum absolute atomic E-state index is 13.3. The SMILES string of the molecule is O=CNC(c1ccc(F)c(Cl)c1)C1Cc2ccc(Cl)cc21. The van der Waals surface area contributed by atoms with Gasteiger partial charge in [0.1, 0.15) is 5.82 Å². The lowest BCUT2D eigenvalue weighted by Gasteiger charge is -2.36. The topological polar surface area (TPSA) is 29.1 Å². The molecule has 0 bridgehead atoms. The Bertz CT molecular complexity index is 705. The van der Waals surface area contributed by atoms with E-state index in [2.05, 4.69) is 5.32 Å². The standard InChI is InChI=1S/C16H12Cl2FNO/c17-11-3-1-9-5-13(12(9)7-11)16(20-8-21)10-2-4-15(19)14(18)6-10/h1-4,6-8,13,16H,5H2,(H,20,21). The highest BCUT2D eigenvalue weighted by Crippen LogP contribution is 2.44. The van der Waals surface area contributed by atoms with Gasteiger partial charge < -0.3 is 5.32 Å². The van der Waals surface area contributed by atoms with E-state index in [1.165, 1.54) is 11.6 Å². The second-order valence-corrected chi connectivity index (χ2v) is 5.93. The van der Waals surface area contributed by atoms with E-state index in [0.29, 0.717) is 11.4 Å². The average molecular weight is 324 g/mol. The van der Waals surface area contributed by atoms with Crippen molar-refractivity contribution in [2.45, 2.75) is 18.4 Å². The van der Waals surface area contributed by atoms with Crippen molar-refractivity contribution in [3.63, 3.8) is 0 Å². The number of nitrogens with one attached hydrogen (secondary N) is 1. The van der Waals surface area contributed by atoms with Crippen molar-refractivity contribution in [3.05, 3.63) is 69.0 Å². The molecular weight excluding hydrogens is 312 g/mol. The smallest absolute Gasteiger partial charge is 0.207 e. The normalized spacial score (nSPS) is 17.6. The van der Waals surface area contributed by atoms with Gasteiger partial charge in [-0.1, -0.05) is 35.3 Å². The third-order valence-electron chi connectivity index (χ3n) is 3.90. The van der Waals surface area contributed by atoms with Gasteiger partial charge in [-0.25, -0.2) is 4.39 Å². The Labute approximate surface area is 131 Å². The Morgan fingerprint density at radius 3 is 2.76 bits per heavy atom. The molecule has 0 aliphatic heterocycles. The lowest BCUT2D eigenvalue weighted by Crippen LogP contribution is -2.32. The first-order valence-electron chi connectivity index (χ1n) is 6.53. The molecule has 0 saturated carbocycles. The van der Waals surface area contributed by atoms with Gasteiger partial charge in [-0.15, -0.1) is 0 Å². The second kappa shape index (κ2) is 5.66. The number of carbonyl (C=O) groups is 1. The monoisotopic (exact) mass is 323 g/mol. The third-order valence-corrected chi connectivity index (χ3v) is 4.42. The van der Waals surface area contributed by atoms with Gasteiger partial charge in [-0.05, 0) is 47.4 Å². The number of fused-ring (bicyclic) bond motifs is 1. The van der Waals surface area contributed by atoms with E-state index >= 15 is 0 Å². The summed E-state index contributed by atoms with van der Waals surface area (Å²) in [6.45, 7) is 0. The van der Waals surface area contributed by atoms with Crippen LogP contribution in [0.5, 0.6) is 0 Å². The summed E-state index contributed by atoms with van der Waals surface area (Å²) < 4.78 is 13.3. The van der Waals surface area contributed by atoms with Crippen LogP contribution in [-0.4, -0.2) is 6.41 Å². The van der Waals surface area contributed by atoms with E-state index < -0.39 is 5.82 Å². The number of hydrogen-bond acceptors (Lipinski definition) is 1. The summed E-state index contributed by atoms with van der Waals surface area (Å²) in [5.41, 5.74) is 3.11. The van der Waals surface area contributed by atoms with Gasteiger partial charge in [0.05, 0.1) is 11.1 Å². The number of amides is 1. The van der Waals surface area contributed by atoms with Gasteiger partial charge in [0, 0.05) is 10.9 Å². The molecule has 0 aromatic heterocycles. The molecule has 2 nitrogen and oxygen atoms in total. The van der Waals surface area contributed by atoms with Crippen molar-refractivity contribution in [2.75, 3.05) is 0 Å². The van der Waals surface area contributed by atoms with Gasteiger partial charge in [0.25, 0.3) is 0 Å². The van der Waals surface area contributed by atoms with Crippen LogP contribution < -0.4 is 5.32 Å². The predicted octanol–water partition coefficient (Wildman–Crippen LogP) is 4.26. The van der Waals surface area contributed by atoms with E-state index in [0.717, 1.165) is 17.5 Å². The molecule has 2 aromatic rings. The summed E-state index contributed by atoms with van der Waals surface area (Å²) in [5, 5.41) is 3.52. The molecule has 5 heteroatoms. The van der Waals surface area contributed by atoms with Gasteiger partial charge in [0.15, 0.2) is 0 Å². The minimum absolute atomic E-state index is 0.0517. The largest absolute Gasteiger partial charge is 0.351 e. The maximum atomic E-state index is 13.3. The van der Waals surface area contributed by atoms with Crippen LogP contribution in [0.4, 0.5) is 4.39 Å². The molecule has 0 heterocycles. The first-order chi connectivity index (χ1) is 10.1. The first-order valence-corrected chi connectivity index (χ1v) is 7.28. The van der Waals surface area contributed by atoms with Crippen molar-refractivity contribution in [1.82, 2.24) is 5.32 Å². The molecule has 21 heavy (non-hydrogen) atoms. The zero-order valence-electron chi connectivity index (χ0n) is 10.9. The molecular formula is C16H12Cl2FNO. The highest BCUT2D eigenvalue weighted by atomic mass is 35.5. The van der Waals surface area contributed by atoms with Gasteiger partial charge in [0.2, 0.25) is 6.41 Å². The molecule has 1 amide bonds. The number of halogens is 3. The van der Waals surface area contributed by atoms with Crippen LogP contribution in [0.3, 0.4) is 0 Å². The van der Waals surface area contributed by atoms with Crippen molar-refractivity contribution in [1.29, 1.82) is 0 Å². The average Bonchev–Trinajstić information content (AvgIpc) is 2.44. The predicted molar refractivity (Wildman–Crippen MR) is 81.2 cm³/mol. The Balaban J connectivity index is 1.96. The van der Waals surface area contributed by atoms with Crippen molar-refractivity contribution in [3.8, 4) is 0 Å². The fraction of sp³-hybridized carbons (Fsp3) is 0.188. The summed E-state index contributed by atoms with van der Waals surface area (Å²) in [5.74, 6) is -0.354. The van der Waals surface area contributed by atoms with Crippen LogP contribution in [-0.2, 0) is 11.2 Å². The van der Waals surface area contributed by atoms with Crippen LogP contribution in [0.2, 0.25) is 10.0 Å². The molecule has 0 saturated heterocycles. The van der Waals surface area contributed by atoms with E-state index in [1.807, 2.05) is 18.2 Å². The molecule has 1 aliphatic carbocycles. The summed E-state index contributed by atoms with van der Waals surface area (Å²) in [7, 11) is 0. The molecule has 3 rings (SSSR count). The van der Waals surface area contributed by atoms with E-state index in [4.69, 9.17) is 23.2 Å². The minimum Gasteiger partial charge on any atom is -0.351 e. The highest BCUT2D eigenvalue weighted by molar-refractivity contribution is 6.31. The zero-order valence-corrected chi connectivity index (χ0v) is 12.5. The molecule has 0 fully saturated rings. The lowest BCUT2D eigenvalue weighted by atomic mass is 9.72. The van der Waals surface area contributed by atoms with Crippen molar-refractivity contribution >= 4 is 29.6 Å². The molecule has 2 aromatic carbocycles. The van der Waals surface area contributed by atoms with Crippen LogP contribution in [0, 0.1) is 5.82 Å². The van der Waals surface area contributed by atoms with Gasteiger partial charge in [-0.3, -0.25) is 4.79 Å². The molecule has 1 N–H and O–H groups in total. The van der Waals surface area contributed by atoms with Crippen LogP contribution >= 0.6 is 23.2 Å². The fourth-order valence-electron chi connectivity index (χ4n) is 2.83. The Morgan fingerprint density at radius 1 is 1.24 bits per heavy atom. The van der Waals surface area contributed by atoms with Gasteiger partial charge >= 0.3 is 0 Å². The van der Waals surface area contributed by atoms with Crippen LogP contribution in [0.25, 0.3) is 0 Å². The molecule has 0 radical (unpaired) electrons. The van der Waals surface area contributed by atoms with Crippen molar-refractivity contribution < 1.29 is 9.18 Å². The first kappa shape index (κ1) is 14.4. The molecule has 2 unspecified atom stereocenters. The molecule has 2 atom stereocenters. The molecule has 0 spiro atoms. The van der Waals surface area contributed by atoms with Crippen molar-refractivity contribution in [2.24, 2.45) is 0 Å². The summed E-state index contributed by atoms with van der Waals surface area (Å²) in [4.78, 5) is 10.9. The Hall–Kier alpha value is -1.58. The van der Waals surface area contributed by atoms with Crippen LogP contribution in [0.15, 0.2) is 36.4 Å². The van der Waals surface area contributed by atoms with E-state index in [9.17, 15) is 9.18 Å². The Morgan fingerprint density at radius 2 is 2.05 bits per heavy atom. The summed E-state index contributed by atoms with van der Waals surface area (Å²) in [6.07, 6.45) is 1.50. The number of benzene rings is 2.